The molecule has 0 spiro atoms. The average Bonchev–Trinajstić information content (AvgIpc) is 3.29. The van der Waals surface area contributed by atoms with E-state index in [0.717, 1.165) is 12.8 Å². The first kappa shape index (κ1) is 27.2. The van der Waals surface area contributed by atoms with Crippen LogP contribution in [0.5, 0.6) is 11.5 Å². The van der Waals surface area contributed by atoms with Crippen molar-refractivity contribution in [3.63, 3.8) is 0 Å². The number of para-hydroxylation sites is 2. The van der Waals surface area contributed by atoms with Gasteiger partial charge in [0.2, 0.25) is 0 Å². The van der Waals surface area contributed by atoms with Gasteiger partial charge >= 0.3 is 5.69 Å². The molecule has 2 heterocycles. The summed E-state index contributed by atoms with van der Waals surface area (Å²) in [4.78, 5) is 38.4. The molecule has 2 aromatic carbocycles. The number of benzene rings is 2. The quantitative estimate of drug-likeness (QED) is 0.0707. The second kappa shape index (κ2) is 12.6. The number of ether oxygens (including phenoxy) is 2. The zero-order chi connectivity index (χ0) is 27.8. The molecule has 39 heavy (non-hydrogen) atoms. The summed E-state index contributed by atoms with van der Waals surface area (Å²) in [5.41, 5.74) is 6.64. The molecule has 0 saturated carbocycles. The standard InChI is InChI=1S/C27H31N7O5/c1-3-39-18-14-12-17(13-15-18)24-30-23(26(35)29-16-8-4-5-11-21(28)33-37)22-25(32-24)34(27(36)31-22)19-9-6-7-10-20(19)38-2/h6-7,9-10,12-15,37H,3-5,8,11,16H2,1-2H3,(H2,28,33)(H,29,35)(H,31,36). The van der Waals surface area contributed by atoms with Crippen LogP contribution in [-0.4, -0.2) is 56.7 Å². The van der Waals surface area contributed by atoms with Crippen molar-refractivity contribution in [3.8, 4) is 28.6 Å². The summed E-state index contributed by atoms with van der Waals surface area (Å²) in [5, 5.41) is 14.5. The third-order valence-electron chi connectivity index (χ3n) is 6.03. The van der Waals surface area contributed by atoms with E-state index in [1.54, 1.807) is 48.5 Å². The average molecular weight is 534 g/mol. The van der Waals surface area contributed by atoms with Crippen LogP contribution in [0.15, 0.2) is 58.5 Å². The molecule has 0 aliphatic rings. The lowest BCUT2D eigenvalue weighted by Gasteiger charge is -2.11. The largest absolute Gasteiger partial charge is 0.495 e. The molecule has 0 bridgehead atoms. The first-order valence-corrected chi connectivity index (χ1v) is 12.6. The number of rotatable bonds is 12. The van der Waals surface area contributed by atoms with Crippen LogP contribution in [0.1, 0.15) is 43.1 Å². The highest BCUT2D eigenvalue weighted by atomic mass is 16.5. The highest BCUT2D eigenvalue weighted by Gasteiger charge is 2.22. The number of unbranched alkanes of at least 4 members (excludes halogenated alkanes) is 2. The Morgan fingerprint density at radius 2 is 1.90 bits per heavy atom. The number of carbonyl (C=O) groups excluding carboxylic acids is 1. The summed E-state index contributed by atoms with van der Waals surface area (Å²) >= 11 is 0. The Hall–Kier alpha value is -4.87. The molecule has 0 atom stereocenters. The number of hydrogen-bond donors (Lipinski definition) is 4. The first-order valence-electron chi connectivity index (χ1n) is 12.6. The molecular weight excluding hydrogens is 502 g/mol. The van der Waals surface area contributed by atoms with Crippen LogP contribution in [-0.2, 0) is 0 Å². The Bertz CT molecular complexity index is 1530. The lowest BCUT2D eigenvalue weighted by atomic mass is 10.2. The number of nitrogens with one attached hydrogen (secondary N) is 2. The fraction of sp³-hybridized carbons (Fsp3) is 0.296. The molecule has 0 radical (unpaired) electrons. The van der Waals surface area contributed by atoms with Crippen LogP contribution in [0.3, 0.4) is 0 Å². The normalized spacial score (nSPS) is 11.5. The Kier molecular flexibility index (Phi) is 8.77. The third-order valence-corrected chi connectivity index (χ3v) is 6.03. The molecule has 12 nitrogen and oxygen atoms in total. The summed E-state index contributed by atoms with van der Waals surface area (Å²) in [6.45, 7) is 2.82. The molecule has 12 heteroatoms. The number of nitrogens with two attached hydrogens (primary N) is 1. The summed E-state index contributed by atoms with van der Waals surface area (Å²) in [6, 6.07) is 14.2. The zero-order valence-electron chi connectivity index (χ0n) is 21.8. The van der Waals surface area contributed by atoms with E-state index < -0.39 is 11.6 Å². The number of hydrogen-bond acceptors (Lipinski definition) is 8. The lowest BCUT2D eigenvalue weighted by molar-refractivity contribution is 0.0949. The van der Waals surface area contributed by atoms with Crippen molar-refractivity contribution < 1.29 is 19.5 Å². The fourth-order valence-electron chi connectivity index (χ4n) is 4.13. The SMILES string of the molecule is CCOc1ccc(-c2nc(C(=O)NCCCCC/C(N)=N/O)c3[nH]c(=O)n(-c4ccccc4OC)c3n2)cc1. The molecule has 0 aliphatic carbocycles. The number of H-pyrrole nitrogens is 1. The van der Waals surface area contributed by atoms with Gasteiger partial charge in [0.1, 0.15) is 22.9 Å². The van der Waals surface area contributed by atoms with Crippen molar-refractivity contribution in [1.29, 1.82) is 0 Å². The summed E-state index contributed by atoms with van der Waals surface area (Å²) in [7, 11) is 1.52. The highest BCUT2D eigenvalue weighted by Crippen LogP contribution is 2.27. The van der Waals surface area contributed by atoms with E-state index in [1.165, 1.54) is 11.7 Å². The van der Waals surface area contributed by atoms with Gasteiger partial charge < -0.3 is 30.7 Å². The zero-order valence-corrected chi connectivity index (χ0v) is 21.8. The van der Waals surface area contributed by atoms with Gasteiger partial charge in [-0.25, -0.2) is 19.3 Å². The number of methoxy groups -OCH3 is 1. The van der Waals surface area contributed by atoms with E-state index in [4.69, 9.17) is 20.4 Å². The van der Waals surface area contributed by atoms with Gasteiger partial charge in [0.25, 0.3) is 5.91 Å². The van der Waals surface area contributed by atoms with Crippen molar-refractivity contribution >= 4 is 22.9 Å². The van der Waals surface area contributed by atoms with E-state index in [2.05, 4.69) is 25.4 Å². The van der Waals surface area contributed by atoms with E-state index in [1.807, 2.05) is 6.92 Å². The fourth-order valence-corrected chi connectivity index (χ4v) is 4.13. The Balaban J connectivity index is 1.72. The van der Waals surface area contributed by atoms with Gasteiger partial charge in [-0.2, -0.15) is 0 Å². The number of oxime groups is 1. The van der Waals surface area contributed by atoms with E-state index in [9.17, 15) is 9.59 Å². The molecule has 0 saturated heterocycles. The molecule has 204 valence electrons. The number of aromatic nitrogens is 4. The molecule has 1 amide bonds. The molecule has 0 fully saturated rings. The van der Waals surface area contributed by atoms with Crippen LogP contribution in [0.4, 0.5) is 0 Å². The molecule has 4 rings (SSSR count). The number of imidazole rings is 1. The monoisotopic (exact) mass is 533 g/mol. The van der Waals surface area contributed by atoms with Gasteiger partial charge in [0.15, 0.2) is 17.2 Å². The predicted octanol–water partition coefficient (Wildman–Crippen LogP) is 3.22. The maximum Gasteiger partial charge on any atom is 0.332 e. The Morgan fingerprint density at radius 3 is 2.62 bits per heavy atom. The molecule has 0 unspecified atom stereocenters. The third kappa shape index (κ3) is 6.17. The van der Waals surface area contributed by atoms with Crippen molar-refractivity contribution in [2.45, 2.75) is 32.6 Å². The number of amides is 1. The minimum atomic E-state index is -0.482. The van der Waals surface area contributed by atoms with Crippen molar-refractivity contribution in [1.82, 2.24) is 24.8 Å². The van der Waals surface area contributed by atoms with Gasteiger partial charge in [-0.05, 0) is 56.2 Å². The number of fused-ring (bicyclic) bond motifs is 1. The summed E-state index contributed by atoms with van der Waals surface area (Å²) in [5.74, 6) is 1.17. The number of aromatic amines is 1. The number of carbonyl (C=O) groups is 1. The molecule has 0 aliphatic heterocycles. The van der Waals surface area contributed by atoms with E-state index >= 15 is 0 Å². The second-order valence-electron chi connectivity index (χ2n) is 8.65. The molecule has 5 N–H and O–H groups in total. The maximum atomic E-state index is 13.3. The lowest BCUT2D eigenvalue weighted by Crippen LogP contribution is -2.26. The van der Waals surface area contributed by atoms with Crippen molar-refractivity contribution in [2.75, 3.05) is 20.3 Å². The molecular formula is C27H31N7O5. The van der Waals surface area contributed by atoms with Gasteiger partial charge in [-0.15, -0.1) is 0 Å². The predicted molar refractivity (Wildman–Crippen MR) is 147 cm³/mol. The molecule has 2 aromatic heterocycles. The topological polar surface area (TPSA) is 170 Å². The van der Waals surface area contributed by atoms with Crippen LogP contribution >= 0.6 is 0 Å². The van der Waals surface area contributed by atoms with E-state index in [-0.39, 0.29) is 28.5 Å². The smallest absolute Gasteiger partial charge is 0.332 e. The van der Waals surface area contributed by atoms with Crippen molar-refractivity contribution in [2.24, 2.45) is 10.9 Å². The summed E-state index contributed by atoms with van der Waals surface area (Å²) in [6.07, 6.45) is 2.65. The van der Waals surface area contributed by atoms with Crippen LogP contribution in [0.2, 0.25) is 0 Å². The highest BCUT2D eigenvalue weighted by molar-refractivity contribution is 6.03. The first-order chi connectivity index (χ1) is 19.0. The number of nitrogens with zero attached hydrogens (tertiary/aromatic N) is 4. The Morgan fingerprint density at radius 1 is 1.13 bits per heavy atom. The van der Waals surface area contributed by atoms with Crippen molar-refractivity contribution in [3.05, 3.63) is 64.7 Å². The maximum absolute atomic E-state index is 13.3. The van der Waals surface area contributed by atoms with Crippen LogP contribution in [0, 0.1) is 0 Å². The van der Waals surface area contributed by atoms with Crippen LogP contribution in [0.25, 0.3) is 28.2 Å². The Labute approximate surface area is 224 Å². The summed E-state index contributed by atoms with van der Waals surface area (Å²) < 4.78 is 12.4. The second-order valence-corrected chi connectivity index (χ2v) is 8.65. The minimum Gasteiger partial charge on any atom is -0.495 e. The number of amidine groups is 1. The van der Waals surface area contributed by atoms with E-state index in [0.29, 0.717) is 48.7 Å². The van der Waals surface area contributed by atoms with Gasteiger partial charge in [-0.1, -0.05) is 23.7 Å². The molecule has 4 aromatic rings. The van der Waals surface area contributed by atoms with Gasteiger partial charge in [0.05, 0.1) is 19.4 Å². The van der Waals surface area contributed by atoms with Crippen LogP contribution < -0.4 is 26.2 Å². The minimum absolute atomic E-state index is 0.0475. The van der Waals surface area contributed by atoms with Gasteiger partial charge in [0, 0.05) is 18.5 Å². The van der Waals surface area contributed by atoms with Gasteiger partial charge in [-0.3, -0.25) is 4.79 Å².